The summed E-state index contributed by atoms with van der Waals surface area (Å²) in [5, 5.41) is 0. The Kier molecular flexibility index (Phi) is 6.50. The molecule has 0 aliphatic heterocycles. The molecule has 0 spiro atoms. The smallest absolute Gasteiger partial charge is 0.308 e. The Hall–Kier alpha value is -3.14. The van der Waals surface area contributed by atoms with Crippen molar-refractivity contribution in [3.63, 3.8) is 0 Å². The summed E-state index contributed by atoms with van der Waals surface area (Å²) < 4.78 is 9.93. The number of hydrogen-bond donors (Lipinski definition) is 0. The molecule has 4 nitrogen and oxygen atoms in total. The summed E-state index contributed by atoms with van der Waals surface area (Å²) >= 11 is 0. The van der Waals surface area contributed by atoms with Crippen LogP contribution in [0.3, 0.4) is 0 Å². The zero-order chi connectivity index (χ0) is 19.0. The van der Waals surface area contributed by atoms with Crippen molar-refractivity contribution in [2.24, 2.45) is 0 Å². The van der Waals surface area contributed by atoms with Crippen LogP contribution in [0.15, 0.2) is 77.4 Å². The Morgan fingerprint density at radius 2 is 1.62 bits per heavy atom. The maximum absolute atomic E-state index is 11.2. The van der Waals surface area contributed by atoms with Crippen molar-refractivity contribution in [1.29, 1.82) is 0 Å². The summed E-state index contributed by atoms with van der Waals surface area (Å²) in [4.78, 5) is 21.0. The lowest BCUT2D eigenvalue weighted by atomic mass is 9.78. The van der Waals surface area contributed by atoms with E-state index >= 15 is 0 Å². The first-order valence-electron chi connectivity index (χ1n) is 8.27. The van der Waals surface area contributed by atoms with Crippen LogP contribution >= 0.6 is 0 Å². The highest BCUT2D eigenvalue weighted by Crippen LogP contribution is 2.36. The Morgan fingerprint density at radius 1 is 0.962 bits per heavy atom. The van der Waals surface area contributed by atoms with Gasteiger partial charge in [-0.1, -0.05) is 62.4 Å². The van der Waals surface area contributed by atoms with Crippen molar-refractivity contribution in [2.75, 3.05) is 0 Å². The predicted molar refractivity (Wildman–Crippen MR) is 100 cm³/mol. The summed E-state index contributed by atoms with van der Waals surface area (Å²) in [7, 11) is 0. The first-order chi connectivity index (χ1) is 12.4. The lowest BCUT2D eigenvalue weighted by Gasteiger charge is -2.27. The minimum atomic E-state index is -0.295. The standard InChI is InChI=1S/C17H18O2.C5H4O2/c1-13(18)19-16-12-8-7-11-15(16)17(2,3)14-9-5-4-6-10-14;6-4-5-2-1-3-7-5/h4-12H,1-3H3;1-4H. The van der Waals surface area contributed by atoms with E-state index in [4.69, 9.17) is 4.74 Å². The summed E-state index contributed by atoms with van der Waals surface area (Å²) in [6.07, 6.45) is 2.13. The number of carbonyl (C=O) groups is 2. The van der Waals surface area contributed by atoms with Crippen molar-refractivity contribution < 1.29 is 18.7 Å². The molecule has 0 N–H and O–H groups in total. The quantitative estimate of drug-likeness (QED) is 0.376. The van der Waals surface area contributed by atoms with E-state index < -0.39 is 0 Å². The molecule has 1 heterocycles. The van der Waals surface area contributed by atoms with Crippen molar-refractivity contribution >= 4 is 12.3 Å². The molecule has 1 aromatic heterocycles. The van der Waals surface area contributed by atoms with Gasteiger partial charge in [0.1, 0.15) is 5.75 Å². The Labute approximate surface area is 153 Å². The van der Waals surface area contributed by atoms with Crippen LogP contribution < -0.4 is 4.74 Å². The molecule has 0 saturated carbocycles. The van der Waals surface area contributed by atoms with E-state index in [9.17, 15) is 9.59 Å². The van der Waals surface area contributed by atoms with Crippen molar-refractivity contribution in [3.05, 3.63) is 89.9 Å². The molecule has 0 amide bonds. The fraction of sp³-hybridized carbons (Fsp3) is 0.182. The van der Waals surface area contributed by atoms with Crippen LogP contribution in [0.4, 0.5) is 0 Å². The van der Waals surface area contributed by atoms with Crippen LogP contribution in [0.1, 0.15) is 42.5 Å². The first kappa shape index (κ1) is 19.2. The van der Waals surface area contributed by atoms with Crippen LogP contribution in [0.25, 0.3) is 0 Å². The monoisotopic (exact) mass is 350 g/mol. The normalized spacial score (nSPS) is 10.4. The number of para-hydroxylation sites is 1. The molecule has 0 aliphatic rings. The van der Waals surface area contributed by atoms with Gasteiger partial charge in [0.05, 0.1) is 6.26 Å². The fourth-order valence-electron chi connectivity index (χ4n) is 2.60. The van der Waals surface area contributed by atoms with Gasteiger partial charge in [-0.05, 0) is 23.8 Å². The van der Waals surface area contributed by atoms with Crippen LogP contribution in [-0.2, 0) is 10.2 Å². The van der Waals surface area contributed by atoms with E-state index in [1.54, 1.807) is 12.1 Å². The number of rotatable bonds is 4. The minimum Gasteiger partial charge on any atom is -0.462 e. The van der Waals surface area contributed by atoms with Crippen molar-refractivity contribution in [3.8, 4) is 5.75 Å². The Balaban J connectivity index is 0.000000290. The van der Waals surface area contributed by atoms with Gasteiger partial charge in [-0.2, -0.15) is 0 Å². The molecule has 3 aromatic rings. The van der Waals surface area contributed by atoms with Crippen molar-refractivity contribution in [2.45, 2.75) is 26.2 Å². The average molecular weight is 350 g/mol. The highest BCUT2D eigenvalue weighted by Gasteiger charge is 2.26. The maximum atomic E-state index is 11.2. The predicted octanol–water partition coefficient (Wildman–Crippen LogP) is 5.03. The topological polar surface area (TPSA) is 56.5 Å². The van der Waals surface area contributed by atoms with E-state index in [0.29, 0.717) is 17.8 Å². The molecule has 0 fully saturated rings. The molecule has 0 aliphatic carbocycles. The summed E-state index contributed by atoms with van der Waals surface area (Å²) in [5.41, 5.74) is 1.99. The van der Waals surface area contributed by atoms with E-state index in [0.717, 1.165) is 5.56 Å². The second-order valence-electron chi connectivity index (χ2n) is 6.21. The molecule has 26 heavy (non-hydrogen) atoms. The number of ether oxygens (including phenoxy) is 1. The lowest BCUT2D eigenvalue weighted by molar-refractivity contribution is -0.131. The highest BCUT2D eigenvalue weighted by atomic mass is 16.5. The lowest BCUT2D eigenvalue weighted by Crippen LogP contribution is -2.20. The van der Waals surface area contributed by atoms with Gasteiger partial charge in [-0.3, -0.25) is 9.59 Å². The number of benzene rings is 2. The fourth-order valence-corrected chi connectivity index (χ4v) is 2.60. The molecule has 3 rings (SSSR count). The number of esters is 1. The van der Waals surface area contributed by atoms with Gasteiger partial charge in [0.25, 0.3) is 0 Å². The molecule has 0 atom stereocenters. The molecule has 0 saturated heterocycles. The summed E-state index contributed by atoms with van der Waals surface area (Å²) in [6.45, 7) is 5.68. The number of hydrogen-bond acceptors (Lipinski definition) is 4. The highest BCUT2D eigenvalue weighted by molar-refractivity contribution is 5.70. The first-order valence-corrected chi connectivity index (χ1v) is 8.27. The summed E-state index contributed by atoms with van der Waals surface area (Å²) in [6, 6.07) is 21.2. The molecular formula is C22H22O4. The maximum Gasteiger partial charge on any atom is 0.308 e. The van der Waals surface area contributed by atoms with Crippen LogP contribution in [0.5, 0.6) is 5.75 Å². The Bertz CT molecular complexity index is 834. The molecule has 134 valence electrons. The van der Waals surface area contributed by atoms with Gasteiger partial charge in [0.15, 0.2) is 12.0 Å². The molecular weight excluding hydrogens is 328 g/mol. The third-order valence-electron chi connectivity index (χ3n) is 3.97. The van der Waals surface area contributed by atoms with Gasteiger partial charge in [-0.15, -0.1) is 0 Å². The summed E-state index contributed by atoms with van der Waals surface area (Å²) in [5.74, 6) is 0.708. The second kappa shape index (κ2) is 8.81. The van der Waals surface area contributed by atoms with Gasteiger partial charge < -0.3 is 9.15 Å². The van der Waals surface area contributed by atoms with E-state index in [1.807, 2.05) is 42.5 Å². The third-order valence-corrected chi connectivity index (χ3v) is 3.97. The molecule has 0 radical (unpaired) electrons. The zero-order valence-electron chi connectivity index (χ0n) is 15.1. The van der Waals surface area contributed by atoms with E-state index in [-0.39, 0.29) is 11.4 Å². The SMILES string of the molecule is CC(=O)Oc1ccccc1C(C)(C)c1ccccc1.O=Cc1ccco1. The number of aldehydes is 1. The van der Waals surface area contributed by atoms with Gasteiger partial charge in [0.2, 0.25) is 0 Å². The molecule has 0 bridgehead atoms. The number of furan rings is 1. The van der Waals surface area contributed by atoms with Crippen LogP contribution in [0, 0.1) is 0 Å². The second-order valence-corrected chi connectivity index (χ2v) is 6.21. The minimum absolute atomic E-state index is 0.215. The van der Waals surface area contributed by atoms with Gasteiger partial charge in [0, 0.05) is 17.9 Å². The third kappa shape index (κ3) is 4.93. The largest absolute Gasteiger partial charge is 0.462 e. The average Bonchev–Trinajstić information content (AvgIpc) is 3.17. The Morgan fingerprint density at radius 3 is 2.15 bits per heavy atom. The number of carbonyl (C=O) groups excluding carboxylic acids is 2. The van der Waals surface area contributed by atoms with E-state index in [2.05, 4.69) is 30.4 Å². The van der Waals surface area contributed by atoms with Gasteiger partial charge >= 0.3 is 5.97 Å². The van der Waals surface area contributed by atoms with Crippen LogP contribution in [0.2, 0.25) is 0 Å². The molecule has 2 aromatic carbocycles. The van der Waals surface area contributed by atoms with Crippen LogP contribution in [-0.4, -0.2) is 12.3 Å². The van der Waals surface area contributed by atoms with Gasteiger partial charge in [-0.25, -0.2) is 0 Å². The van der Waals surface area contributed by atoms with E-state index in [1.165, 1.54) is 18.8 Å². The van der Waals surface area contributed by atoms with Crippen molar-refractivity contribution in [1.82, 2.24) is 0 Å². The molecule has 0 unspecified atom stereocenters. The zero-order valence-corrected chi connectivity index (χ0v) is 15.1. The molecule has 4 heteroatoms.